The van der Waals surface area contributed by atoms with Crippen LogP contribution >= 0.6 is 0 Å². The van der Waals surface area contributed by atoms with Crippen LogP contribution in [-0.2, 0) is 0 Å². The molecule has 0 aliphatic carbocycles. The summed E-state index contributed by atoms with van der Waals surface area (Å²) >= 11 is 0. The number of para-hydroxylation sites is 2. The highest BCUT2D eigenvalue weighted by Gasteiger charge is 2.20. The molecule has 0 radical (unpaired) electrons. The van der Waals surface area contributed by atoms with Gasteiger partial charge in [-0.1, -0.05) is 218 Å². The van der Waals surface area contributed by atoms with Crippen molar-refractivity contribution in [1.82, 2.24) is 14.1 Å². The first-order chi connectivity index (χ1) is 53.4. The van der Waals surface area contributed by atoms with Crippen molar-refractivity contribution in [3.63, 3.8) is 0 Å². The van der Waals surface area contributed by atoms with Gasteiger partial charge in [-0.05, 0) is 283 Å². The summed E-state index contributed by atoms with van der Waals surface area (Å²) < 4.78 is 4.57. The minimum atomic E-state index is 0.662. The Bertz CT molecular complexity index is 7330. The maximum Gasteiger partial charge on any atom is 0.0991 e. The fourth-order valence-electron chi connectivity index (χ4n) is 17.0. The van der Waals surface area contributed by atoms with E-state index in [2.05, 4.69) is 349 Å². The van der Waals surface area contributed by atoms with Gasteiger partial charge in [-0.15, -0.1) is 0 Å². The van der Waals surface area contributed by atoms with Crippen molar-refractivity contribution >= 4 is 119 Å². The van der Waals surface area contributed by atoms with Crippen LogP contribution in [0.5, 0.6) is 0 Å². The first-order valence-electron chi connectivity index (χ1n) is 36.6. The SMILES string of the molecule is N#Cc1ccc2c(c1)c1cc(-c3ccc(-c4cc5ccc6cc(-c7ccc8ccccc8c7)cc7ccc(c4)c5c67)cc3)ccc1n2-c1ccccc1.N#Cc1ccc2c(c1)c1cc(-c3ccc(-c4cc5ccc6cc(-c7cccc(-c8ccccc8)n7)cc7ccc(c4)c5c67)cc3)ccc1n2-c1ccccc1. The van der Waals surface area contributed by atoms with E-state index in [1.807, 2.05) is 42.5 Å². The summed E-state index contributed by atoms with van der Waals surface area (Å²) in [4.78, 5) is 5.05. The lowest BCUT2D eigenvalue weighted by Gasteiger charge is -2.15. The van der Waals surface area contributed by atoms with Crippen LogP contribution in [0.2, 0.25) is 0 Å². The van der Waals surface area contributed by atoms with Crippen LogP contribution in [0.1, 0.15) is 11.1 Å². The Labute approximate surface area is 622 Å². The number of pyridine rings is 1. The summed E-state index contributed by atoms with van der Waals surface area (Å²) in [5.41, 5.74) is 24.0. The predicted molar refractivity (Wildman–Crippen MR) is 452 cm³/mol. The van der Waals surface area contributed by atoms with Gasteiger partial charge in [0.25, 0.3) is 0 Å². The lowest BCUT2D eigenvalue weighted by molar-refractivity contribution is 1.18. The summed E-state index contributed by atoms with van der Waals surface area (Å²) in [6.07, 6.45) is 0. The Kier molecular flexibility index (Phi) is 14.3. The molecule has 3 heterocycles. The van der Waals surface area contributed by atoms with Crippen LogP contribution in [0.25, 0.3) is 209 Å². The van der Waals surface area contributed by atoms with Crippen LogP contribution in [0.3, 0.4) is 0 Å². The average Bonchev–Trinajstić information content (AvgIpc) is 1.43. The fourth-order valence-corrected chi connectivity index (χ4v) is 17.0. The van der Waals surface area contributed by atoms with Gasteiger partial charge in [0.15, 0.2) is 0 Å². The third-order valence-corrected chi connectivity index (χ3v) is 22.2. The molecular formula is C103H61N5. The Morgan fingerprint density at radius 3 is 0.889 bits per heavy atom. The quantitative estimate of drug-likeness (QED) is 0.135. The molecule has 108 heavy (non-hydrogen) atoms. The standard InChI is InChI=1S/C52H31N3.C51H30N2/c53-32-33-14-24-49-45(26-33)46-31-37(23-25-50(46)55(49)44-10-5-2-6-11-44)34-15-17-35(18-16-34)42-27-38-19-21-40-29-43(30-41-22-20-39(28-42)51(38)52(40)41)48-13-7-12-47(54-48)36-8-3-1-4-9-36;52-31-32-10-22-48-46(24-32)47-30-38(21-23-49(47)53(48)45-8-2-1-3-9-45)34-11-13-35(14-12-34)43-26-39-17-19-41-28-44(29-42-20-18-40(27-43)50(39)51(41)42)37-16-15-33-6-4-5-7-36(33)25-37/h1-31H;1-30H. The molecule has 22 rings (SSSR count). The first-order valence-corrected chi connectivity index (χ1v) is 36.6. The van der Waals surface area contributed by atoms with E-state index >= 15 is 0 Å². The molecule has 0 fully saturated rings. The molecule has 0 aliphatic rings. The Morgan fingerprint density at radius 2 is 0.481 bits per heavy atom. The van der Waals surface area contributed by atoms with Crippen molar-refractivity contribution in [2.75, 3.05) is 0 Å². The first kappa shape index (κ1) is 61.9. The van der Waals surface area contributed by atoms with Gasteiger partial charge in [0.05, 0.1) is 56.7 Å². The van der Waals surface area contributed by atoms with E-state index in [1.165, 1.54) is 109 Å². The minimum Gasteiger partial charge on any atom is -0.309 e. The van der Waals surface area contributed by atoms with E-state index in [0.717, 1.165) is 99.8 Å². The van der Waals surface area contributed by atoms with Crippen LogP contribution in [0, 0.1) is 22.7 Å². The molecule has 0 saturated carbocycles. The van der Waals surface area contributed by atoms with Crippen molar-refractivity contribution in [3.05, 3.63) is 381 Å². The van der Waals surface area contributed by atoms with Crippen LogP contribution in [0.4, 0.5) is 0 Å². The molecule has 19 aromatic carbocycles. The van der Waals surface area contributed by atoms with E-state index in [4.69, 9.17) is 4.98 Å². The maximum absolute atomic E-state index is 9.71. The fraction of sp³-hybridized carbons (Fsp3) is 0. The topological polar surface area (TPSA) is 70.3 Å². The maximum atomic E-state index is 9.71. The Morgan fingerprint density at radius 1 is 0.194 bits per heavy atom. The third-order valence-electron chi connectivity index (χ3n) is 22.2. The molecule has 498 valence electrons. The summed E-state index contributed by atoms with van der Waals surface area (Å²) in [5.74, 6) is 0. The number of benzene rings is 19. The number of fused-ring (bicyclic) bond motifs is 7. The van der Waals surface area contributed by atoms with Crippen molar-refractivity contribution in [2.45, 2.75) is 0 Å². The van der Waals surface area contributed by atoms with Gasteiger partial charge < -0.3 is 9.13 Å². The van der Waals surface area contributed by atoms with E-state index in [9.17, 15) is 10.5 Å². The van der Waals surface area contributed by atoms with Crippen LogP contribution < -0.4 is 0 Å². The zero-order valence-corrected chi connectivity index (χ0v) is 58.5. The highest BCUT2D eigenvalue weighted by Crippen LogP contribution is 2.45. The highest BCUT2D eigenvalue weighted by atomic mass is 15.0. The second-order valence-electron chi connectivity index (χ2n) is 28.4. The van der Waals surface area contributed by atoms with E-state index in [-0.39, 0.29) is 0 Å². The molecule has 5 nitrogen and oxygen atoms in total. The largest absolute Gasteiger partial charge is 0.309 e. The molecule has 5 heteroatoms. The van der Waals surface area contributed by atoms with Crippen molar-refractivity contribution < 1.29 is 0 Å². The predicted octanol–water partition coefficient (Wildman–Crippen LogP) is 27.3. The Hall–Kier alpha value is -14.8. The Balaban J connectivity index is 0.000000138. The van der Waals surface area contributed by atoms with Crippen LogP contribution in [0.15, 0.2) is 370 Å². The summed E-state index contributed by atoms with van der Waals surface area (Å²) in [6.45, 7) is 0. The van der Waals surface area contributed by atoms with Gasteiger partial charge in [0, 0.05) is 44.0 Å². The monoisotopic (exact) mass is 1370 g/mol. The molecule has 22 aromatic rings. The van der Waals surface area contributed by atoms with Crippen molar-refractivity contribution in [2.24, 2.45) is 0 Å². The summed E-state index contributed by atoms with van der Waals surface area (Å²) in [5, 5.41) is 41.6. The van der Waals surface area contributed by atoms with Crippen molar-refractivity contribution in [1.29, 1.82) is 10.5 Å². The number of aromatic nitrogens is 3. The van der Waals surface area contributed by atoms with Gasteiger partial charge in [-0.25, -0.2) is 4.98 Å². The molecule has 0 N–H and O–H groups in total. The highest BCUT2D eigenvalue weighted by molar-refractivity contribution is 6.26. The molecular weight excluding hydrogens is 1310 g/mol. The third kappa shape index (κ3) is 10.4. The lowest BCUT2D eigenvalue weighted by Crippen LogP contribution is -1.93. The van der Waals surface area contributed by atoms with E-state index in [1.54, 1.807) is 0 Å². The molecule has 0 amide bonds. The molecule has 0 spiro atoms. The van der Waals surface area contributed by atoms with Gasteiger partial charge in [0.1, 0.15) is 0 Å². The average molecular weight is 1370 g/mol. The minimum absolute atomic E-state index is 0.662. The molecule has 0 unspecified atom stereocenters. The van der Waals surface area contributed by atoms with Gasteiger partial charge >= 0.3 is 0 Å². The molecule has 0 bridgehead atoms. The number of rotatable bonds is 9. The smallest absolute Gasteiger partial charge is 0.0991 e. The summed E-state index contributed by atoms with van der Waals surface area (Å²) in [7, 11) is 0. The van der Waals surface area contributed by atoms with Gasteiger partial charge in [0.2, 0.25) is 0 Å². The van der Waals surface area contributed by atoms with Gasteiger partial charge in [-0.2, -0.15) is 10.5 Å². The van der Waals surface area contributed by atoms with Gasteiger partial charge in [-0.3, -0.25) is 0 Å². The zero-order chi connectivity index (χ0) is 71.5. The van der Waals surface area contributed by atoms with E-state index in [0.29, 0.717) is 11.1 Å². The lowest BCUT2D eigenvalue weighted by atomic mass is 9.89. The molecule has 3 aromatic heterocycles. The number of hydrogen-bond donors (Lipinski definition) is 0. The van der Waals surface area contributed by atoms with E-state index < -0.39 is 0 Å². The zero-order valence-electron chi connectivity index (χ0n) is 58.5. The molecule has 0 saturated heterocycles. The number of nitriles is 2. The number of nitrogens with zero attached hydrogens (tertiary/aromatic N) is 5. The second-order valence-corrected chi connectivity index (χ2v) is 28.4. The number of hydrogen-bond acceptors (Lipinski definition) is 3. The van der Waals surface area contributed by atoms with Crippen LogP contribution in [-0.4, -0.2) is 14.1 Å². The van der Waals surface area contributed by atoms with Crippen molar-refractivity contribution in [3.8, 4) is 102 Å². The normalized spacial score (nSPS) is 11.7. The molecule has 0 aliphatic heterocycles. The molecule has 0 atom stereocenters. The summed E-state index contributed by atoms with van der Waals surface area (Å²) in [6, 6.07) is 137. The second kappa shape index (κ2) is 25.0.